The maximum Gasteiger partial charge on any atom is 0.253 e. The minimum Gasteiger partial charge on any atom is -0.356 e. The molecule has 0 aromatic heterocycles. The molecule has 0 radical (unpaired) electrons. The summed E-state index contributed by atoms with van der Waals surface area (Å²) in [5, 5.41) is 5.89. The Morgan fingerprint density at radius 3 is 2.11 bits per heavy atom. The number of Topliss-reactive ketones (excluding diaryl/α,β-unsaturated/α-hetero) is 1. The van der Waals surface area contributed by atoms with Crippen LogP contribution in [0.15, 0.2) is 78.9 Å². The zero-order valence-corrected chi connectivity index (χ0v) is 14.9. The van der Waals surface area contributed by atoms with E-state index in [1.54, 1.807) is 66.7 Å². The van der Waals surface area contributed by atoms with E-state index in [0.29, 0.717) is 16.1 Å². The third kappa shape index (κ3) is 4.71. The van der Waals surface area contributed by atoms with Crippen molar-refractivity contribution in [1.82, 2.24) is 5.32 Å². The fourth-order valence-electron chi connectivity index (χ4n) is 2.49. The van der Waals surface area contributed by atoms with Gasteiger partial charge in [0.1, 0.15) is 5.82 Å². The molecule has 3 aromatic rings. The number of anilines is 1. The number of carbonyl (C=O) groups is 2. The second-order valence-electron chi connectivity index (χ2n) is 5.77. The first-order valence-electron chi connectivity index (χ1n) is 8.21. The third-order valence-corrected chi connectivity index (χ3v) is 4.13. The van der Waals surface area contributed by atoms with Crippen molar-refractivity contribution < 1.29 is 14.0 Å². The molecular formula is C21H16ClFN2O2. The first-order valence-corrected chi connectivity index (χ1v) is 8.59. The van der Waals surface area contributed by atoms with Crippen LogP contribution in [0.4, 0.5) is 10.1 Å². The van der Waals surface area contributed by atoms with Crippen LogP contribution in [0.2, 0.25) is 5.02 Å². The van der Waals surface area contributed by atoms with Gasteiger partial charge in [-0.05, 0) is 36.4 Å². The monoisotopic (exact) mass is 382 g/mol. The highest BCUT2D eigenvalue weighted by Crippen LogP contribution is 2.16. The van der Waals surface area contributed by atoms with Crippen molar-refractivity contribution in [3.63, 3.8) is 0 Å². The molecule has 0 aliphatic rings. The average molecular weight is 383 g/mol. The van der Waals surface area contributed by atoms with Crippen LogP contribution in [0.25, 0.3) is 0 Å². The lowest BCUT2D eigenvalue weighted by atomic mass is 10.1. The Kier molecular flexibility index (Phi) is 5.84. The van der Waals surface area contributed by atoms with Crippen molar-refractivity contribution in [3.05, 3.63) is 101 Å². The third-order valence-electron chi connectivity index (χ3n) is 3.88. The minimum absolute atomic E-state index is 0.114. The van der Waals surface area contributed by atoms with Crippen molar-refractivity contribution in [2.24, 2.45) is 0 Å². The van der Waals surface area contributed by atoms with E-state index < -0.39 is 17.9 Å². The number of hydrogen-bond donors (Lipinski definition) is 2. The maximum atomic E-state index is 14.0. The van der Waals surface area contributed by atoms with E-state index in [0.717, 1.165) is 0 Å². The molecule has 0 saturated heterocycles. The Morgan fingerprint density at radius 1 is 0.815 bits per heavy atom. The SMILES string of the molecule is O=C(N[C@@H](Nc1ccccc1F)C(=O)c1ccccc1)c1ccc(Cl)cc1. The molecule has 0 heterocycles. The Bertz CT molecular complexity index is 946. The number of carbonyl (C=O) groups excluding carboxylic acids is 2. The van der Waals surface area contributed by atoms with Crippen LogP contribution >= 0.6 is 11.6 Å². The smallest absolute Gasteiger partial charge is 0.253 e. The Hall–Kier alpha value is -3.18. The summed E-state index contributed by atoms with van der Waals surface area (Å²) in [5.74, 6) is -1.39. The summed E-state index contributed by atoms with van der Waals surface area (Å²) >= 11 is 5.84. The van der Waals surface area contributed by atoms with E-state index in [9.17, 15) is 14.0 Å². The van der Waals surface area contributed by atoms with E-state index >= 15 is 0 Å². The van der Waals surface area contributed by atoms with Gasteiger partial charge in [-0.15, -0.1) is 0 Å². The average Bonchev–Trinajstić information content (AvgIpc) is 2.69. The molecule has 0 saturated carbocycles. The summed E-state index contributed by atoms with van der Waals surface area (Å²) in [6.07, 6.45) is -1.15. The molecule has 136 valence electrons. The molecule has 6 heteroatoms. The number of hydrogen-bond acceptors (Lipinski definition) is 3. The number of rotatable bonds is 6. The zero-order valence-electron chi connectivity index (χ0n) is 14.2. The molecule has 27 heavy (non-hydrogen) atoms. The van der Waals surface area contributed by atoms with E-state index in [1.807, 2.05) is 0 Å². The summed E-state index contributed by atoms with van der Waals surface area (Å²) in [6, 6.07) is 20.7. The molecule has 0 fully saturated rings. The van der Waals surface area contributed by atoms with Gasteiger partial charge in [-0.1, -0.05) is 54.1 Å². The molecule has 1 amide bonds. The predicted octanol–water partition coefficient (Wildman–Crippen LogP) is 4.53. The van der Waals surface area contributed by atoms with Gasteiger partial charge in [-0.3, -0.25) is 9.59 Å². The van der Waals surface area contributed by atoms with Crippen molar-refractivity contribution in [1.29, 1.82) is 0 Å². The fraction of sp³-hybridized carbons (Fsp3) is 0.0476. The van der Waals surface area contributed by atoms with E-state index in [1.165, 1.54) is 12.1 Å². The summed E-state index contributed by atoms with van der Waals surface area (Å²) in [4.78, 5) is 25.4. The lowest BCUT2D eigenvalue weighted by Crippen LogP contribution is -2.46. The highest BCUT2D eigenvalue weighted by atomic mass is 35.5. The van der Waals surface area contributed by atoms with Gasteiger partial charge in [0.15, 0.2) is 6.17 Å². The van der Waals surface area contributed by atoms with E-state index in [-0.39, 0.29) is 11.5 Å². The summed E-state index contributed by atoms with van der Waals surface area (Å²) < 4.78 is 14.0. The molecule has 4 nitrogen and oxygen atoms in total. The molecule has 2 N–H and O–H groups in total. The number of nitrogens with one attached hydrogen (secondary N) is 2. The highest BCUT2D eigenvalue weighted by molar-refractivity contribution is 6.30. The van der Waals surface area contributed by atoms with E-state index in [4.69, 9.17) is 11.6 Å². The van der Waals surface area contributed by atoms with E-state index in [2.05, 4.69) is 10.6 Å². The highest BCUT2D eigenvalue weighted by Gasteiger charge is 2.23. The van der Waals surface area contributed by atoms with Crippen LogP contribution in [0.1, 0.15) is 20.7 Å². The van der Waals surface area contributed by atoms with Crippen molar-refractivity contribution >= 4 is 29.0 Å². The second kappa shape index (κ2) is 8.47. The topological polar surface area (TPSA) is 58.2 Å². The van der Waals surface area contributed by atoms with Gasteiger partial charge in [0.05, 0.1) is 5.69 Å². The van der Waals surface area contributed by atoms with Crippen molar-refractivity contribution in [2.75, 3.05) is 5.32 Å². The number of para-hydroxylation sites is 1. The van der Waals surface area contributed by atoms with Crippen LogP contribution in [0.3, 0.4) is 0 Å². The largest absolute Gasteiger partial charge is 0.356 e. The lowest BCUT2D eigenvalue weighted by Gasteiger charge is -2.21. The van der Waals surface area contributed by atoms with Crippen LogP contribution in [-0.2, 0) is 0 Å². The van der Waals surface area contributed by atoms with Crippen LogP contribution in [-0.4, -0.2) is 17.9 Å². The van der Waals surface area contributed by atoms with Gasteiger partial charge in [0.25, 0.3) is 5.91 Å². The maximum absolute atomic E-state index is 14.0. The minimum atomic E-state index is -1.15. The van der Waals surface area contributed by atoms with Gasteiger partial charge < -0.3 is 10.6 Å². The van der Waals surface area contributed by atoms with Gasteiger partial charge in [0.2, 0.25) is 5.78 Å². The first-order chi connectivity index (χ1) is 13.0. The summed E-state index contributed by atoms with van der Waals surface area (Å²) in [7, 11) is 0. The molecule has 0 bridgehead atoms. The molecule has 0 unspecified atom stereocenters. The number of amides is 1. The quantitative estimate of drug-likeness (QED) is 0.486. The van der Waals surface area contributed by atoms with Crippen LogP contribution < -0.4 is 10.6 Å². The van der Waals surface area contributed by atoms with Crippen molar-refractivity contribution in [3.8, 4) is 0 Å². The summed E-state index contributed by atoms with van der Waals surface area (Å²) in [6.45, 7) is 0. The van der Waals surface area contributed by atoms with Crippen molar-refractivity contribution in [2.45, 2.75) is 6.17 Å². The fourth-order valence-corrected chi connectivity index (χ4v) is 2.61. The Balaban J connectivity index is 1.87. The number of halogens is 2. The lowest BCUT2D eigenvalue weighted by molar-refractivity contribution is 0.0869. The molecular weight excluding hydrogens is 367 g/mol. The number of ketones is 1. The van der Waals surface area contributed by atoms with Gasteiger partial charge in [0, 0.05) is 16.1 Å². The zero-order chi connectivity index (χ0) is 19.2. The molecule has 3 rings (SSSR count). The molecule has 0 spiro atoms. The molecule has 0 aliphatic carbocycles. The van der Waals surface area contributed by atoms with Crippen LogP contribution in [0.5, 0.6) is 0 Å². The molecule has 1 atom stereocenters. The Labute approximate surface area is 161 Å². The number of benzene rings is 3. The standard InChI is InChI=1S/C21H16ClFN2O2/c22-16-12-10-15(11-13-16)21(27)25-20(19(26)14-6-2-1-3-7-14)24-18-9-5-4-8-17(18)23/h1-13,20,24H,(H,25,27)/t20-/m1/s1. The molecule has 0 aliphatic heterocycles. The predicted molar refractivity (Wildman–Crippen MR) is 104 cm³/mol. The van der Waals surface area contributed by atoms with Gasteiger partial charge >= 0.3 is 0 Å². The second-order valence-corrected chi connectivity index (χ2v) is 6.20. The van der Waals surface area contributed by atoms with Gasteiger partial charge in [-0.25, -0.2) is 4.39 Å². The van der Waals surface area contributed by atoms with Crippen LogP contribution in [0, 0.1) is 5.82 Å². The molecule has 3 aromatic carbocycles. The normalized spacial score (nSPS) is 11.5. The summed E-state index contributed by atoms with van der Waals surface area (Å²) in [5.41, 5.74) is 0.839. The van der Waals surface area contributed by atoms with Gasteiger partial charge in [-0.2, -0.15) is 0 Å². The Morgan fingerprint density at radius 2 is 1.44 bits per heavy atom. The first kappa shape index (κ1) is 18.6.